The van der Waals surface area contributed by atoms with Crippen molar-refractivity contribution < 1.29 is 24.8 Å². The van der Waals surface area contributed by atoms with E-state index >= 15 is 0 Å². The predicted octanol–water partition coefficient (Wildman–Crippen LogP) is 4.45. The SMILES string of the molecule is CC.CNCCOc1ccc(-c2cc(-c3c[n-]nc3-c3ccccn3)ccn2)cc1.[Ir]. The van der Waals surface area contributed by atoms with Gasteiger partial charge in [0, 0.05) is 44.6 Å². The molecule has 0 amide bonds. The van der Waals surface area contributed by atoms with Crippen molar-refractivity contribution in [3.05, 3.63) is 73.2 Å². The predicted molar refractivity (Wildman–Crippen MR) is 120 cm³/mol. The number of nitrogens with one attached hydrogen (secondary N) is 1. The van der Waals surface area contributed by atoms with E-state index in [-0.39, 0.29) is 20.1 Å². The van der Waals surface area contributed by atoms with E-state index in [2.05, 4.69) is 25.5 Å². The van der Waals surface area contributed by atoms with Crippen molar-refractivity contribution in [2.24, 2.45) is 0 Å². The Morgan fingerprint density at radius 3 is 2.39 bits per heavy atom. The quantitative estimate of drug-likeness (QED) is 0.320. The van der Waals surface area contributed by atoms with Crippen LogP contribution in [-0.4, -0.2) is 35.3 Å². The van der Waals surface area contributed by atoms with Crippen LogP contribution >= 0.6 is 0 Å². The number of nitrogens with zero attached hydrogens (tertiary/aromatic N) is 4. The maximum atomic E-state index is 5.68. The van der Waals surface area contributed by atoms with Crippen LogP contribution in [0.15, 0.2) is 73.2 Å². The molecule has 3 aromatic heterocycles. The number of rotatable bonds is 7. The van der Waals surface area contributed by atoms with E-state index in [0.29, 0.717) is 6.61 Å². The first-order chi connectivity index (χ1) is 14.8. The minimum absolute atomic E-state index is 0. The first kappa shape index (κ1) is 24.4. The van der Waals surface area contributed by atoms with Crippen molar-refractivity contribution in [2.45, 2.75) is 13.8 Å². The second-order valence-corrected chi connectivity index (χ2v) is 6.23. The van der Waals surface area contributed by atoms with Gasteiger partial charge in [0.25, 0.3) is 0 Å². The third-order valence-corrected chi connectivity index (χ3v) is 4.35. The standard InChI is InChI=1S/C22H20N5O.C2H6.Ir/c1-23-12-13-28-18-7-5-16(6-8-18)21-14-17(9-11-25-21)19-15-26-27-22(19)20-4-2-3-10-24-20;1-2;/h2-11,14-15,23H,12-13H2,1H3;1-2H3;/q-1;;. The summed E-state index contributed by atoms with van der Waals surface area (Å²) in [6.07, 6.45) is 5.32. The van der Waals surface area contributed by atoms with Crippen molar-refractivity contribution in [1.29, 1.82) is 0 Å². The van der Waals surface area contributed by atoms with Crippen LogP contribution < -0.4 is 15.2 Å². The van der Waals surface area contributed by atoms with Crippen LogP contribution in [0, 0.1) is 0 Å². The van der Waals surface area contributed by atoms with Gasteiger partial charge in [0.15, 0.2) is 0 Å². The molecule has 0 bridgehead atoms. The number of aromatic nitrogens is 4. The molecule has 4 rings (SSSR count). The topological polar surface area (TPSA) is 74.0 Å². The van der Waals surface area contributed by atoms with Gasteiger partial charge in [0.05, 0.1) is 17.1 Å². The summed E-state index contributed by atoms with van der Waals surface area (Å²) in [6, 6.07) is 17.7. The number of hydrogen-bond acceptors (Lipinski definition) is 5. The molecule has 1 aromatic carbocycles. The maximum absolute atomic E-state index is 5.68. The van der Waals surface area contributed by atoms with Gasteiger partial charge in [-0.25, -0.2) is 0 Å². The Bertz CT molecular complexity index is 1040. The van der Waals surface area contributed by atoms with Gasteiger partial charge in [-0.1, -0.05) is 19.9 Å². The molecular formula is C24H26IrN5O-. The van der Waals surface area contributed by atoms with Crippen molar-refractivity contribution in [3.8, 4) is 39.5 Å². The van der Waals surface area contributed by atoms with Crippen LogP contribution in [0.1, 0.15) is 13.8 Å². The summed E-state index contributed by atoms with van der Waals surface area (Å²) in [6.45, 7) is 5.45. The molecule has 0 aliphatic carbocycles. The van der Waals surface area contributed by atoms with Crippen LogP contribution in [0.5, 0.6) is 5.75 Å². The second-order valence-electron chi connectivity index (χ2n) is 6.23. The van der Waals surface area contributed by atoms with Gasteiger partial charge >= 0.3 is 0 Å². The molecule has 0 aliphatic rings. The average molecular weight is 593 g/mol. The van der Waals surface area contributed by atoms with Gasteiger partial charge in [0.2, 0.25) is 0 Å². The zero-order chi connectivity index (χ0) is 21.2. The van der Waals surface area contributed by atoms with E-state index < -0.39 is 0 Å². The molecule has 0 saturated heterocycles. The molecule has 4 aromatic rings. The number of benzene rings is 1. The zero-order valence-electron chi connectivity index (χ0n) is 17.9. The smallest absolute Gasteiger partial charge is 0.119 e. The Morgan fingerprint density at radius 2 is 1.68 bits per heavy atom. The molecule has 7 heteroatoms. The van der Waals surface area contributed by atoms with Crippen LogP contribution in [-0.2, 0) is 20.1 Å². The summed E-state index contributed by atoms with van der Waals surface area (Å²) < 4.78 is 5.68. The van der Waals surface area contributed by atoms with Gasteiger partial charge in [-0.05, 0) is 66.7 Å². The van der Waals surface area contributed by atoms with Gasteiger partial charge in [-0.3, -0.25) is 9.97 Å². The molecule has 0 fully saturated rings. The number of ether oxygens (including phenoxy) is 1. The third-order valence-electron chi connectivity index (χ3n) is 4.35. The van der Waals surface area contributed by atoms with Gasteiger partial charge in [-0.2, -0.15) is 6.20 Å². The first-order valence-corrected chi connectivity index (χ1v) is 10.1. The van der Waals surface area contributed by atoms with E-state index in [4.69, 9.17) is 4.74 Å². The molecule has 0 spiro atoms. The van der Waals surface area contributed by atoms with Gasteiger partial charge in [0.1, 0.15) is 12.4 Å². The minimum Gasteiger partial charge on any atom is -0.581 e. The summed E-state index contributed by atoms with van der Waals surface area (Å²) >= 11 is 0. The Hall–Kier alpha value is -2.86. The molecule has 1 radical (unpaired) electrons. The Kier molecular flexibility index (Phi) is 10.0. The summed E-state index contributed by atoms with van der Waals surface area (Å²) in [5.41, 5.74) is 5.42. The molecule has 0 unspecified atom stereocenters. The molecule has 163 valence electrons. The van der Waals surface area contributed by atoms with E-state index in [1.54, 1.807) is 18.6 Å². The minimum atomic E-state index is 0. The van der Waals surface area contributed by atoms with E-state index in [1.165, 1.54) is 0 Å². The Labute approximate surface area is 196 Å². The second kappa shape index (κ2) is 12.7. The van der Waals surface area contributed by atoms with E-state index in [9.17, 15) is 0 Å². The Morgan fingerprint density at radius 1 is 0.903 bits per heavy atom. The normalized spacial score (nSPS) is 9.90. The monoisotopic (exact) mass is 593 g/mol. The number of hydrogen-bond donors (Lipinski definition) is 1. The van der Waals surface area contributed by atoms with Crippen LogP contribution in [0.4, 0.5) is 0 Å². The zero-order valence-corrected chi connectivity index (χ0v) is 20.3. The maximum Gasteiger partial charge on any atom is 0.119 e. The molecule has 31 heavy (non-hydrogen) atoms. The Balaban J connectivity index is 0.00000111. The van der Waals surface area contributed by atoms with Crippen LogP contribution in [0.2, 0.25) is 0 Å². The summed E-state index contributed by atoms with van der Waals surface area (Å²) in [5, 5.41) is 11.4. The molecule has 0 saturated carbocycles. The number of likely N-dealkylation sites (N-methyl/N-ethyl adjacent to an activating group) is 1. The summed E-state index contributed by atoms with van der Waals surface area (Å²) in [4.78, 5) is 8.91. The molecule has 6 nitrogen and oxygen atoms in total. The fourth-order valence-corrected chi connectivity index (χ4v) is 2.91. The molecule has 3 heterocycles. The molecule has 1 N–H and O–H groups in total. The van der Waals surface area contributed by atoms with Crippen molar-refractivity contribution in [2.75, 3.05) is 20.2 Å². The van der Waals surface area contributed by atoms with Gasteiger partial charge in [-0.15, -0.1) is 0 Å². The van der Waals surface area contributed by atoms with Crippen molar-refractivity contribution in [3.63, 3.8) is 0 Å². The molecular weight excluding hydrogens is 567 g/mol. The van der Waals surface area contributed by atoms with Crippen LogP contribution in [0.25, 0.3) is 33.8 Å². The van der Waals surface area contributed by atoms with Crippen molar-refractivity contribution in [1.82, 2.24) is 25.5 Å². The fourth-order valence-electron chi connectivity index (χ4n) is 2.91. The molecule has 0 aliphatic heterocycles. The third kappa shape index (κ3) is 6.31. The van der Waals surface area contributed by atoms with E-state index in [1.807, 2.05) is 75.5 Å². The van der Waals surface area contributed by atoms with Crippen LogP contribution in [0.3, 0.4) is 0 Å². The summed E-state index contributed by atoms with van der Waals surface area (Å²) in [5.74, 6) is 0.844. The largest absolute Gasteiger partial charge is 0.581 e. The molecule has 0 atom stereocenters. The van der Waals surface area contributed by atoms with E-state index in [0.717, 1.165) is 46.1 Å². The van der Waals surface area contributed by atoms with Crippen molar-refractivity contribution >= 4 is 0 Å². The van der Waals surface area contributed by atoms with Gasteiger partial charge < -0.3 is 20.3 Å². The first-order valence-electron chi connectivity index (χ1n) is 10.1. The average Bonchev–Trinajstić information content (AvgIpc) is 3.32. The fraction of sp³-hybridized carbons (Fsp3) is 0.208. The summed E-state index contributed by atoms with van der Waals surface area (Å²) in [7, 11) is 1.90. The number of pyridine rings is 2.